The first-order valence-corrected chi connectivity index (χ1v) is 9.82. The van der Waals surface area contributed by atoms with Crippen molar-refractivity contribution in [2.24, 2.45) is 0 Å². The second-order valence-electron chi connectivity index (χ2n) is 7.18. The van der Waals surface area contributed by atoms with Gasteiger partial charge in [-0.1, -0.05) is 6.07 Å². The zero-order chi connectivity index (χ0) is 18.3. The van der Waals surface area contributed by atoms with Gasteiger partial charge in [0, 0.05) is 17.3 Å². The third-order valence-electron chi connectivity index (χ3n) is 5.33. The van der Waals surface area contributed by atoms with Gasteiger partial charge < -0.3 is 10.6 Å². The van der Waals surface area contributed by atoms with Gasteiger partial charge in [0.2, 0.25) is 0 Å². The molecule has 0 saturated carbocycles. The normalized spacial score (nSPS) is 16.6. The number of rotatable bonds is 3. The van der Waals surface area contributed by atoms with Crippen molar-refractivity contribution in [3.8, 4) is 11.3 Å². The van der Waals surface area contributed by atoms with Gasteiger partial charge in [-0.3, -0.25) is 0 Å². The van der Waals surface area contributed by atoms with Crippen molar-refractivity contribution in [3.05, 3.63) is 40.9 Å². The highest BCUT2D eigenvalue weighted by Crippen LogP contribution is 2.35. The van der Waals surface area contributed by atoms with E-state index in [1.165, 1.54) is 24.7 Å². The maximum Gasteiger partial charge on any atom is 0.182 e. The number of hydrogen-bond donors (Lipinski definition) is 1. The van der Waals surface area contributed by atoms with Crippen molar-refractivity contribution in [1.82, 2.24) is 24.5 Å². The van der Waals surface area contributed by atoms with Gasteiger partial charge >= 0.3 is 0 Å². The molecule has 1 saturated heterocycles. The highest BCUT2D eigenvalue weighted by atomic mass is 79.9. The van der Waals surface area contributed by atoms with Crippen molar-refractivity contribution in [2.75, 3.05) is 18.8 Å². The summed E-state index contributed by atoms with van der Waals surface area (Å²) in [6, 6.07) is 6.96. The van der Waals surface area contributed by atoms with E-state index in [1.807, 2.05) is 6.07 Å². The van der Waals surface area contributed by atoms with E-state index in [4.69, 9.17) is 5.73 Å². The Balaban J connectivity index is 1.69. The quantitative estimate of drug-likeness (QED) is 0.660. The van der Waals surface area contributed by atoms with Gasteiger partial charge in [0.05, 0.1) is 6.20 Å². The van der Waals surface area contributed by atoms with Crippen molar-refractivity contribution in [3.63, 3.8) is 0 Å². The first-order chi connectivity index (χ1) is 12.5. The molecule has 26 heavy (non-hydrogen) atoms. The van der Waals surface area contributed by atoms with E-state index in [2.05, 4.69) is 61.9 Å². The second kappa shape index (κ2) is 6.96. The standard InChI is InChI=1S/C19H23BrN6/c1-12(2)25-7-5-13(6-8-25)14-3-4-16(21)15(9-14)18-19-23-11-24-26(19)17(20)10-22-18/h3-4,9-13H,5-8,21H2,1-2H3. The van der Waals surface area contributed by atoms with E-state index in [-0.39, 0.29) is 0 Å². The van der Waals surface area contributed by atoms with E-state index >= 15 is 0 Å². The summed E-state index contributed by atoms with van der Waals surface area (Å²) in [4.78, 5) is 11.5. The van der Waals surface area contributed by atoms with E-state index in [0.717, 1.165) is 29.0 Å². The SMILES string of the molecule is CC(C)N1CCC(c2ccc(N)c(-c3ncc(Br)n4ncnc34)c2)CC1. The van der Waals surface area contributed by atoms with Gasteiger partial charge in [-0.05, 0) is 79.3 Å². The van der Waals surface area contributed by atoms with Gasteiger partial charge in [0.1, 0.15) is 16.6 Å². The molecule has 1 aliphatic heterocycles. The Morgan fingerprint density at radius 3 is 2.69 bits per heavy atom. The first-order valence-electron chi connectivity index (χ1n) is 9.02. The van der Waals surface area contributed by atoms with Gasteiger partial charge in [-0.15, -0.1) is 0 Å². The molecule has 0 bridgehead atoms. The lowest BCUT2D eigenvalue weighted by atomic mass is 9.87. The molecule has 0 atom stereocenters. The van der Waals surface area contributed by atoms with Crippen molar-refractivity contribution in [1.29, 1.82) is 0 Å². The summed E-state index contributed by atoms with van der Waals surface area (Å²) in [5.74, 6) is 0.564. The van der Waals surface area contributed by atoms with Crippen LogP contribution in [0.4, 0.5) is 5.69 Å². The van der Waals surface area contributed by atoms with Crippen LogP contribution in [0.5, 0.6) is 0 Å². The summed E-state index contributed by atoms with van der Waals surface area (Å²) in [5, 5.41) is 4.24. The predicted molar refractivity (Wildman–Crippen MR) is 107 cm³/mol. The fourth-order valence-electron chi connectivity index (χ4n) is 3.76. The van der Waals surface area contributed by atoms with Crippen LogP contribution in [0.1, 0.15) is 38.2 Å². The number of nitrogens with zero attached hydrogens (tertiary/aromatic N) is 5. The Labute approximate surface area is 161 Å². The third kappa shape index (κ3) is 3.10. The van der Waals surface area contributed by atoms with Crippen LogP contribution >= 0.6 is 15.9 Å². The molecule has 4 rings (SSSR count). The molecule has 0 unspecified atom stereocenters. The zero-order valence-electron chi connectivity index (χ0n) is 15.1. The van der Waals surface area contributed by atoms with Gasteiger partial charge in [-0.2, -0.15) is 5.10 Å². The van der Waals surface area contributed by atoms with Crippen LogP contribution in [0.3, 0.4) is 0 Å². The molecule has 3 heterocycles. The van der Waals surface area contributed by atoms with Crippen LogP contribution < -0.4 is 5.73 Å². The van der Waals surface area contributed by atoms with Crippen molar-refractivity contribution < 1.29 is 0 Å². The van der Waals surface area contributed by atoms with E-state index < -0.39 is 0 Å². The largest absolute Gasteiger partial charge is 0.398 e. The number of nitrogens with two attached hydrogens (primary N) is 1. The van der Waals surface area contributed by atoms with Crippen molar-refractivity contribution >= 4 is 27.3 Å². The molecule has 0 radical (unpaired) electrons. The van der Waals surface area contributed by atoms with Crippen LogP contribution in [-0.2, 0) is 0 Å². The van der Waals surface area contributed by atoms with Gasteiger partial charge in [0.15, 0.2) is 5.65 Å². The highest BCUT2D eigenvalue weighted by molar-refractivity contribution is 9.10. The number of nitrogen functional groups attached to an aromatic ring is 1. The molecule has 0 aliphatic carbocycles. The maximum atomic E-state index is 6.29. The molecule has 0 amide bonds. The topological polar surface area (TPSA) is 72.3 Å². The second-order valence-corrected chi connectivity index (χ2v) is 7.99. The van der Waals surface area contributed by atoms with Crippen LogP contribution in [0.15, 0.2) is 35.3 Å². The molecular formula is C19H23BrN6. The predicted octanol–water partition coefficient (Wildman–Crippen LogP) is 3.72. The Kier molecular flexibility index (Phi) is 4.67. The van der Waals surface area contributed by atoms with E-state index in [1.54, 1.807) is 10.7 Å². The molecule has 1 fully saturated rings. The molecule has 1 aromatic carbocycles. The monoisotopic (exact) mass is 414 g/mol. The van der Waals surface area contributed by atoms with Crippen LogP contribution in [0.25, 0.3) is 16.9 Å². The Bertz CT molecular complexity index is 927. The molecule has 2 aromatic heterocycles. The van der Waals surface area contributed by atoms with Crippen LogP contribution in [0, 0.1) is 0 Å². The molecule has 3 aromatic rings. The molecule has 7 heteroatoms. The minimum atomic E-state index is 0.564. The number of likely N-dealkylation sites (tertiary alicyclic amines) is 1. The minimum absolute atomic E-state index is 0.564. The average molecular weight is 415 g/mol. The Morgan fingerprint density at radius 2 is 1.96 bits per heavy atom. The van der Waals surface area contributed by atoms with E-state index in [9.17, 15) is 0 Å². The number of halogens is 1. The first kappa shape index (κ1) is 17.4. The zero-order valence-corrected chi connectivity index (χ0v) is 16.6. The number of anilines is 1. The van der Waals surface area contributed by atoms with Crippen LogP contribution in [0.2, 0.25) is 0 Å². The average Bonchev–Trinajstić information content (AvgIpc) is 3.14. The lowest BCUT2D eigenvalue weighted by Gasteiger charge is -2.35. The Morgan fingerprint density at radius 1 is 1.19 bits per heavy atom. The summed E-state index contributed by atoms with van der Waals surface area (Å²) in [5.41, 5.74) is 10.7. The van der Waals surface area contributed by atoms with Crippen molar-refractivity contribution in [2.45, 2.75) is 38.6 Å². The number of benzene rings is 1. The maximum absolute atomic E-state index is 6.29. The molecule has 136 valence electrons. The van der Waals surface area contributed by atoms with Crippen LogP contribution in [-0.4, -0.2) is 43.6 Å². The fourth-order valence-corrected chi connectivity index (χ4v) is 4.12. The lowest BCUT2D eigenvalue weighted by Crippen LogP contribution is -2.37. The number of aromatic nitrogens is 4. The van der Waals surface area contributed by atoms with E-state index in [0.29, 0.717) is 23.3 Å². The Hall–Kier alpha value is -1.99. The smallest absolute Gasteiger partial charge is 0.182 e. The number of fused-ring (bicyclic) bond motifs is 1. The molecule has 2 N–H and O–H groups in total. The summed E-state index contributed by atoms with van der Waals surface area (Å²) >= 11 is 3.46. The molecule has 0 spiro atoms. The van der Waals surface area contributed by atoms with Gasteiger partial charge in [-0.25, -0.2) is 14.5 Å². The lowest BCUT2D eigenvalue weighted by molar-refractivity contribution is 0.172. The fraction of sp³-hybridized carbons (Fsp3) is 0.421. The minimum Gasteiger partial charge on any atom is -0.398 e. The number of hydrogen-bond acceptors (Lipinski definition) is 5. The molecule has 1 aliphatic rings. The molecule has 6 nitrogen and oxygen atoms in total. The highest BCUT2D eigenvalue weighted by Gasteiger charge is 2.23. The molecular weight excluding hydrogens is 392 g/mol. The van der Waals surface area contributed by atoms with Gasteiger partial charge in [0.25, 0.3) is 0 Å². The third-order valence-corrected chi connectivity index (χ3v) is 5.87. The summed E-state index contributed by atoms with van der Waals surface area (Å²) in [6.07, 6.45) is 5.63. The number of piperidine rings is 1. The summed E-state index contributed by atoms with van der Waals surface area (Å²) in [6.45, 7) is 6.83. The summed E-state index contributed by atoms with van der Waals surface area (Å²) in [7, 11) is 0. The summed E-state index contributed by atoms with van der Waals surface area (Å²) < 4.78 is 2.50.